The lowest BCUT2D eigenvalue weighted by Crippen LogP contribution is -2.34. The summed E-state index contributed by atoms with van der Waals surface area (Å²) in [5.41, 5.74) is 1.62. The number of carbonyl (C=O) groups is 1. The van der Waals surface area contributed by atoms with Crippen LogP contribution in [0.4, 0.5) is 4.39 Å². The highest BCUT2D eigenvalue weighted by Crippen LogP contribution is 2.16. The van der Waals surface area contributed by atoms with Gasteiger partial charge < -0.3 is 4.90 Å². The highest BCUT2D eigenvalue weighted by Gasteiger charge is 2.18. The third-order valence-electron chi connectivity index (χ3n) is 4.78. The Bertz CT molecular complexity index is 865. The van der Waals surface area contributed by atoms with E-state index in [-0.39, 0.29) is 11.7 Å². The Labute approximate surface area is 170 Å². The Morgan fingerprint density at radius 1 is 1.00 bits per heavy atom. The third-order valence-corrected chi connectivity index (χ3v) is 5.13. The summed E-state index contributed by atoms with van der Waals surface area (Å²) < 4.78 is 13.9. The molecule has 0 N–H and O–H groups in total. The van der Waals surface area contributed by atoms with Crippen LogP contribution in [0.25, 0.3) is 6.08 Å². The molecule has 0 aliphatic carbocycles. The van der Waals surface area contributed by atoms with E-state index in [9.17, 15) is 9.18 Å². The summed E-state index contributed by atoms with van der Waals surface area (Å²) in [5.74, 6) is -0.176. The lowest BCUT2D eigenvalue weighted by molar-refractivity contribution is -0.125. The van der Waals surface area contributed by atoms with Gasteiger partial charge in [-0.3, -0.25) is 9.69 Å². The van der Waals surface area contributed by atoms with Crippen molar-refractivity contribution >= 4 is 23.6 Å². The standard InChI is InChI=1S/C23H24ClFN2O/c24-21-11-4-1-8-19(21)9-3-6-13-23(28)27-15-7-14-26(16-17-27)18-20-10-2-5-12-22(20)25/h1-6,8-13H,7,14-18H2. The molecule has 2 aromatic carbocycles. The van der Waals surface area contributed by atoms with Gasteiger partial charge in [0.1, 0.15) is 5.82 Å². The SMILES string of the molecule is O=C(C=CC=Cc1ccccc1Cl)N1CCCN(Cc2ccccc2F)CC1. The van der Waals surface area contributed by atoms with Crippen molar-refractivity contribution in [1.82, 2.24) is 9.80 Å². The van der Waals surface area contributed by atoms with E-state index in [4.69, 9.17) is 11.6 Å². The van der Waals surface area contributed by atoms with E-state index in [2.05, 4.69) is 4.90 Å². The molecule has 3 rings (SSSR count). The Morgan fingerprint density at radius 3 is 2.61 bits per heavy atom. The summed E-state index contributed by atoms with van der Waals surface area (Å²) in [6.07, 6.45) is 7.91. The molecule has 0 bridgehead atoms. The molecule has 0 aromatic heterocycles. The Kier molecular flexibility index (Phi) is 7.40. The van der Waals surface area contributed by atoms with Crippen LogP contribution in [0.2, 0.25) is 5.02 Å². The number of hydrogen-bond donors (Lipinski definition) is 0. The number of allylic oxidation sites excluding steroid dienone is 2. The van der Waals surface area contributed by atoms with Gasteiger partial charge in [-0.05, 0) is 24.1 Å². The molecule has 5 heteroatoms. The van der Waals surface area contributed by atoms with Gasteiger partial charge in [0, 0.05) is 49.4 Å². The van der Waals surface area contributed by atoms with Crippen LogP contribution in [0.15, 0.2) is 66.8 Å². The van der Waals surface area contributed by atoms with E-state index in [0.717, 1.165) is 25.1 Å². The molecule has 1 heterocycles. The topological polar surface area (TPSA) is 23.6 Å². The molecule has 1 saturated heterocycles. The molecule has 0 unspecified atom stereocenters. The van der Waals surface area contributed by atoms with E-state index < -0.39 is 0 Å². The molecule has 1 fully saturated rings. The molecular formula is C23H24ClFN2O. The quantitative estimate of drug-likeness (QED) is 0.534. The predicted octanol–water partition coefficient (Wildman–Crippen LogP) is 4.78. The second-order valence-electron chi connectivity index (χ2n) is 6.79. The Balaban J connectivity index is 1.51. The minimum absolute atomic E-state index is 0.00319. The fraction of sp³-hybridized carbons (Fsp3) is 0.261. The summed E-state index contributed by atoms with van der Waals surface area (Å²) in [7, 11) is 0. The fourth-order valence-electron chi connectivity index (χ4n) is 3.23. The van der Waals surface area contributed by atoms with Crippen LogP contribution >= 0.6 is 11.6 Å². The molecule has 0 radical (unpaired) electrons. The third kappa shape index (κ3) is 5.78. The number of halogens is 2. The summed E-state index contributed by atoms with van der Waals surface area (Å²) in [6, 6.07) is 14.4. The Hall–Kier alpha value is -2.43. The van der Waals surface area contributed by atoms with Crippen molar-refractivity contribution in [3.63, 3.8) is 0 Å². The zero-order valence-electron chi connectivity index (χ0n) is 15.7. The van der Waals surface area contributed by atoms with Gasteiger partial charge in [-0.25, -0.2) is 4.39 Å². The lowest BCUT2D eigenvalue weighted by atomic mass is 10.2. The molecule has 3 nitrogen and oxygen atoms in total. The number of hydrogen-bond acceptors (Lipinski definition) is 2. The molecule has 146 valence electrons. The van der Waals surface area contributed by atoms with Crippen molar-refractivity contribution in [2.45, 2.75) is 13.0 Å². The molecule has 0 atom stereocenters. The van der Waals surface area contributed by atoms with Crippen molar-refractivity contribution in [3.8, 4) is 0 Å². The molecular weight excluding hydrogens is 375 g/mol. The minimum Gasteiger partial charge on any atom is -0.338 e. The van der Waals surface area contributed by atoms with E-state index in [0.29, 0.717) is 30.2 Å². The molecule has 1 amide bonds. The number of amides is 1. The first kappa shape index (κ1) is 20.3. The van der Waals surface area contributed by atoms with Gasteiger partial charge in [0.15, 0.2) is 0 Å². The summed E-state index contributed by atoms with van der Waals surface area (Å²) >= 11 is 6.11. The van der Waals surface area contributed by atoms with Gasteiger partial charge in [-0.15, -0.1) is 0 Å². The van der Waals surface area contributed by atoms with E-state index in [1.54, 1.807) is 18.2 Å². The van der Waals surface area contributed by atoms with Crippen molar-refractivity contribution in [3.05, 3.63) is 88.7 Å². The van der Waals surface area contributed by atoms with Gasteiger partial charge in [0.25, 0.3) is 0 Å². The van der Waals surface area contributed by atoms with Gasteiger partial charge in [-0.2, -0.15) is 0 Å². The average molecular weight is 399 g/mol. The summed E-state index contributed by atoms with van der Waals surface area (Å²) in [5, 5.41) is 0.681. The maximum Gasteiger partial charge on any atom is 0.246 e. The zero-order chi connectivity index (χ0) is 19.8. The second kappa shape index (κ2) is 10.2. The number of carbonyl (C=O) groups excluding carboxylic acids is 1. The van der Waals surface area contributed by atoms with E-state index in [1.807, 2.05) is 53.5 Å². The van der Waals surface area contributed by atoms with Crippen LogP contribution in [0, 0.1) is 5.82 Å². The molecule has 0 spiro atoms. The summed E-state index contributed by atoms with van der Waals surface area (Å²) in [4.78, 5) is 16.5. The van der Waals surface area contributed by atoms with Crippen LogP contribution in [0.5, 0.6) is 0 Å². The van der Waals surface area contributed by atoms with E-state index >= 15 is 0 Å². The normalized spacial score (nSPS) is 16.0. The summed E-state index contributed by atoms with van der Waals surface area (Å²) in [6.45, 7) is 3.53. The molecule has 2 aromatic rings. The minimum atomic E-state index is -0.173. The first-order valence-electron chi connectivity index (χ1n) is 9.47. The fourth-order valence-corrected chi connectivity index (χ4v) is 3.43. The second-order valence-corrected chi connectivity index (χ2v) is 7.19. The first-order chi connectivity index (χ1) is 13.6. The van der Waals surface area contributed by atoms with Gasteiger partial charge in [0.2, 0.25) is 5.91 Å². The van der Waals surface area contributed by atoms with Crippen LogP contribution in [0.3, 0.4) is 0 Å². The van der Waals surface area contributed by atoms with Gasteiger partial charge >= 0.3 is 0 Å². The Morgan fingerprint density at radius 2 is 1.79 bits per heavy atom. The van der Waals surface area contributed by atoms with Crippen LogP contribution in [-0.2, 0) is 11.3 Å². The molecule has 28 heavy (non-hydrogen) atoms. The van der Waals surface area contributed by atoms with Crippen molar-refractivity contribution in [1.29, 1.82) is 0 Å². The lowest BCUT2D eigenvalue weighted by Gasteiger charge is -2.21. The number of nitrogens with zero attached hydrogens (tertiary/aromatic N) is 2. The van der Waals surface area contributed by atoms with Gasteiger partial charge in [0.05, 0.1) is 0 Å². The van der Waals surface area contributed by atoms with Crippen molar-refractivity contribution < 1.29 is 9.18 Å². The maximum absolute atomic E-state index is 13.9. The monoisotopic (exact) mass is 398 g/mol. The first-order valence-corrected chi connectivity index (χ1v) is 9.85. The van der Waals surface area contributed by atoms with Gasteiger partial charge in [-0.1, -0.05) is 66.2 Å². The average Bonchev–Trinajstić information content (AvgIpc) is 2.94. The maximum atomic E-state index is 13.9. The predicted molar refractivity (Wildman–Crippen MR) is 113 cm³/mol. The van der Waals surface area contributed by atoms with Crippen LogP contribution < -0.4 is 0 Å². The number of benzene rings is 2. The number of rotatable bonds is 5. The highest BCUT2D eigenvalue weighted by atomic mass is 35.5. The highest BCUT2D eigenvalue weighted by molar-refractivity contribution is 6.32. The van der Waals surface area contributed by atoms with Crippen LogP contribution in [-0.4, -0.2) is 41.9 Å². The zero-order valence-corrected chi connectivity index (χ0v) is 16.5. The van der Waals surface area contributed by atoms with Crippen molar-refractivity contribution in [2.75, 3.05) is 26.2 Å². The van der Waals surface area contributed by atoms with E-state index in [1.165, 1.54) is 6.07 Å². The van der Waals surface area contributed by atoms with Crippen molar-refractivity contribution in [2.24, 2.45) is 0 Å². The molecule has 0 saturated carbocycles. The smallest absolute Gasteiger partial charge is 0.246 e. The molecule has 1 aliphatic heterocycles. The van der Waals surface area contributed by atoms with Crippen LogP contribution in [0.1, 0.15) is 17.5 Å². The largest absolute Gasteiger partial charge is 0.338 e. The molecule has 1 aliphatic rings.